The molecule has 1 N–H and O–H groups in total. The Labute approximate surface area is 109 Å². The van der Waals surface area contributed by atoms with Gasteiger partial charge >= 0.3 is 0 Å². The fourth-order valence-electron chi connectivity index (χ4n) is 2.22. The Hall–Kier alpha value is -2.37. The fraction of sp³-hybridized carbons (Fsp3) is 0.308. The average Bonchev–Trinajstić information content (AvgIpc) is 2.64. The third kappa shape index (κ3) is 2.16. The van der Waals surface area contributed by atoms with Gasteiger partial charge in [-0.25, -0.2) is 4.68 Å². The maximum Gasteiger partial charge on any atom is 0.294 e. The number of rotatable bonds is 3. The highest BCUT2D eigenvalue weighted by atomic mass is 16.6. The van der Waals surface area contributed by atoms with Crippen molar-refractivity contribution in [1.29, 1.82) is 0 Å². The van der Waals surface area contributed by atoms with Crippen molar-refractivity contribution in [3.8, 4) is 5.69 Å². The van der Waals surface area contributed by atoms with E-state index >= 15 is 0 Å². The van der Waals surface area contributed by atoms with E-state index in [1.807, 2.05) is 13.8 Å². The van der Waals surface area contributed by atoms with Gasteiger partial charge in [0.2, 0.25) is 0 Å². The summed E-state index contributed by atoms with van der Waals surface area (Å²) in [6.45, 7) is 5.63. The number of nitrogens with zero attached hydrogens (tertiary/aromatic N) is 2. The van der Waals surface area contributed by atoms with E-state index in [0.717, 1.165) is 5.69 Å². The van der Waals surface area contributed by atoms with Crippen molar-refractivity contribution in [3.63, 3.8) is 0 Å². The molecule has 0 saturated carbocycles. The number of nitro groups is 1. The largest absolute Gasteiger partial charge is 0.295 e. The SMILES string of the molecule is Cc1[nH]n(-c2ccccc2[N+](=O)[O-])c(=O)c1C(C)C. The fourth-order valence-corrected chi connectivity index (χ4v) is 2.22. The second-order valence-corrected chi connectivity index (χ2v) is 4.69. The van der Waals surface area contributed by atoms with Crippen molar-refractivity contribution in [1.82, 2.24) is 9.78 Å². The number of aromatic amines is 1. The lowest BCUT2D eigenvalue weighted by atomic mass is 10.1. The van der Waals surface area contributed by atoms with E-state index < -0.39 is 4.92 Å². The summed E-state index contributed by atoms with van der Waals surface area (Å²) in [7, 11) is 0. The molecule has 0 aliphatic rings. The first-order valence-electron chi connectivity index (χ1n) is 5.98. The third-order valence-electron chi connectivity index (χ3n) is 3.01. The Bertz CT molecular complexity index is 683. The highest BCUT2D eigenvalue weighted by Gasteiger charge is 2.20. The molecule has 1 aromatic carbocycles. The number of hydrogen-bond donors (Lipinski definition) is 1. The minimum absolute atomic E-state index is 0.0627. The molecule has 2 aromatic rings. The molecule has 0 fully saturated rings. The summed E-state index contributed by atoms with van der Waals surface area (Å²) in [5.41, 5.74) is 1.31. The maximum atomic E-state index is 12.3. The number of benzene rings is 1. The van der Waals surface area contributed by atoms with E-state index in [4.69, 9.17) is 0 Å². The molecule has 0 aliphatic heterocycles. The lowest BCUT2D eigenvalue weighted by Gasteiger charge is -2.02. The van der Waals surface area contributed by atoms with Crippen LogP contribution in [0.1, 0.15) is 31.0 Å². The van der Waals surface area contributed by atoms with Gasteiger partial charge in [-0.3, -0.25) is 20.0 Å². The van der Waals surface area contributed by atoms with E-state index in [2.05, 4.69) is 5.10 Å². The summed E-state index contributed by atoms with van der Waals surface area (Å²) in [4.78, 5) is 22.8. The predicted octanol–water partition coefficient (Wildman–Crippen LogP) is 2.51. The Morgan fingerprint density at radius 3 is 2.47 bits per heavy atom. The van der Waals surface area contributed by atoms with Gasteiger partial charge in [0.05, 0.1) is 4.92 Å². The van der Waals surface area contributed by atoms with Crippen LogP contribution in [0.5, 0.6) is 0 Å². The van der Waals surface area contributed by atoms with Gasteiger partial charge in [-0.05, 0) is 18.9 Å². The minimum atomic E-state index is -0.493. The molecule has 0 aliphatic carbocycles. The summed E-state index contributed by atoms with van der Waals surface area (Å²) in [5.74, 6) is 0.0627. The van der Waals surface area contributed by atoms with Crippen LogP contribution >= 0.6 is 0 Å². The number of aromatic nitrogens is 2. The summed E-state index contributed by atoms with van der Waals surface area (Å²) in [6.07, 6.45) is 0. The molecule has 0 amide bonds. The molecule has 6 nitrogen and oxygen atoms in total. The van der Waals surface area contributed by atoms with Gasteiger partial charge in [-0.2, -0.15) is 0 Å². The van der Waals surface area contributed by atoms with E-state index in [-0.39, 0.29) is 22.9 Å². The number of hydrogen-bond acceptors (Lipinski definition) is 3. The number of para-hydroxylation sites is 2. The molecular formula is C13H15N3O3. The Morgan fingerprint density at radius 2 is 1.95 bits per heavy atom. The van der Waals surface area contributed by atoms with Crippen LogP contribution in [0.25, 0.3) is 5.69 Å². The van der Waals surface area contributed by atoms with Crippen molar-refractivity contribution in [2.45, 2.75) is 26.7 Å². The van der Waals surface area contributed by atoms with Crippen LogP contribution in [0.2, 0.25) is 0 Å². The first kappa shape index (κ1) is 13.1. The van der Waals surface area contributed by atoms with Crippen molar-refractivity contribution in [3.05, 3.63) is 56.0 Å². The summed E-state index contributed by atoms with van der Waals surface area (Å²) < 4.78 is 1.24. The lowest BCUT2D eigenvalue weighted by molar-refractivity contribution is -0.384. The van der Waals surface area contributed by atoms with Crippen molar-refractivity contribution in [2.24, 2.45) is 0 Å². The molecule has 1 heterocycles. The summed E-state index contributed by atoms with van der Waals surface area (Å²) in [6, 6.07) is 6.18. The molecule has 0 saturated heterocycles. The van der Waals surface area contributed by atoms with Gasteiger partial charge in [-0.15, -0.1) is 0 Å². The van der Waals surface area contributed by atoms with E-state index in [9.17, 15) is 14.9 Å². The topological polar surface area (TPSA) is 80.9 Å². The molecule has 19 heavy (non-hydrogen) atoms. The zero-order chi connectivity index (χ0) is 14.2. The summed E-state index contributed by atoms with van der Waals surface area (Å²) >= 11 is 0. The third-order valence-corrected chi connectivity index (χ3v) is 3.01. The molecule has 0 spiro atoms. The number of nitro benzene ring substituents is 1. The van der Waals surface area contributed by atoms with Gasteiger partial charge < -0.3 is 0 Å². The molecule has 0 unspecified atom stereocenters. The van der Waals surface area contributed by atoms with Gasteiger partial charge in [0, 0.05) is 17.3 Å². The molecule has 0 bridgehead atoms. The van der Waals surface area contributed by atoms with E-state index in [0.29, 0.717) is 5.56 Å². The van der Waals surface area contributed by atoms with Gasteiger partial charge in [0.25, 0.3) is 11.2 Å². The van der Waals surface area contributed by atoms with Crippen LogP contribution in [0.15, 0.2) is 29.1 Å². The molecule has 100 valence electrons. The Morgan fingerprint density at radius 1 is 1.32 bits per heavy atom. The number of aryl methyl sites for hydroxylation is 1. The highest BCUT2D eigenvalue weighted by molar-refractivity contribution is 5.52. The van der Waals surface area contributed by atoms with Crippen molar-refractivity contribution in [2.75, 3.05) is 0 Å². The lowest BCUT2D eigenvalue weighted by Crippen LogP contribution is -2.19. The van der Waals surface area contributed by atoms with Crippen LogP contribution in [0.4, 0.5) is 5.69 Å². The van der Waals surface area contributed by atoms with Gasteiger partial charge in [0.15, 0.2) is 0 Å². The monoisotopic (exact) mass is 261 g/mol. The smallest absolute Gasteiger partial charge is 0.294 e. The summed E-state index contributed by atoms with van der Waals surface area (Å²) in [5, 5.41) is 13.9. The van der Waals surface area contributed by atoms with Gasteiger partial charge in [0.1, 0.15) is 5.69 Å². The van der Waals surface area contributed by atoms with Crippen molar-refractivity contribution < 1.29 is 4.92 Å². The zero-order valence-electron chi connectivity index (χ0n) is 11.0. The first-order valence-corrected chi connectivity index (χ1v) is 5.98. The first-order chi connectivity index (χ1) is 8.93. The molecule has 6 heteroatoms. The molecule has 1 aromatic heterocycles. The van der Waals surface area contributed by atoms with Crippen LogP contribution in [-0.2, 0) is 0 Å². The van der Waals surface area contributed by atoms with Gasteiger partial charge in [-0.1, -0.05) is 26.0 Å². The van der Waals surface area contributed by atoms with Crippen LogP contribution in [0, 0.1) is 17.0 Å². The Balaban J connectivity index is 2.71. The molecule has 2 rings (SSSR count). The molecule has 0 atom stereocenters. The van der Waals surface area contributed by atoms with Crippen LogP contribution < -0.4 is 5.56 Å². The highest BCUT2D eigenvalue weighted by Crippen LogP contribution is 2.22. The molecular weight excluding hydrogens is 246 g/mol. The second kappa shape index (κ2) is 4.72. The maximum absolute atomic E-state index is 12.3. The minimum Gasteiger partial charge on any atom is -0.295 e. The Kier molecular flexibility index (Phi) is 3.25. The van der Waals surface area contributed by atoms with Crippen molar-refractivity contribution >= 4 is 5.69 Å². The second-order valence-electron chi connectivity index (χ2n) is 4.69. The normalized spacial score (nSPS) is 10.9. The average molecular weight is 261 g/mol. The van der Waals surface area contributed by atoms with Crippen LogP contribution in [0.3, 0.4) is 0 Å². The van der Waals surface area contributed by atoms with E-state index in [1.54, 1.807) is 25.1 Å². The molecule has 0 radical (unpaired) electrons. The standard InChI is InChI=1S/C13H15N3O3/c1-8(2)12-9(3)14-15(13(12)17)10-6-4-5-7-11(10)16(18)19/h4-8,14H,1-3H3. The zero-order valence-corrected chi connectivity index (χ0v) is 11.0. The number of H-pyrrole nitrogens is 1. The van der Waals surface area contributed by atoms with E-state index in [1.165, 1.54) is 10.7 Å². The predicted molar refractivity (Wildman–Crippen MR) is 71.9 cm³/mol. The van der Waals surface area contributed by atoms with Crippen LogP contribution in [-0.4, -0.2) is 14.7 Å². The quantitative estimate of drug-likeness (QED) is 0.680. The number of nitrogens with one attached hydrogen (secondary N) is 1.